The van der Waals surface area contributed by atoms with Gasteiger partial charge in [0.05, 0.1) is 13.2 Å². The van der Waals surface area contributed by atoms with Gasteiger partial charge in [-0.05, 0) is 23.6 Å². The van der Waals surface area contributed by atoms with Crippen molar-refractivity contribution in [3.63, 3.8) is 0 Å². The van der Waals surface area contributed by atoms with Gasteiger partial charge in [-0.15, -0.1) is 0 Å². The zero-order valence-electron chi connectivity index (χ0n) is 16.7. The smallest absolute Gasteiger partial charge is 0.193 e. The van der Waals surface area contributed by atoms with E-state index in [0.29, 0.717) is 19.1 Å². The van der Waals surface area contributed by atoms with Gasteiger partial charge in [0.2, 0.25) is 0 Å². The van der Waals surface area contributed by atoms with Gasteiger partial charge in [0.15, 0.2) is 17.5 Å². The molecule has 2 aliphatic heterocycles. The van der Waals surface area contributed by atoms with Crippen LogP contribution < -0.4 is 14.8 Å². The molecule has 1 saturated heterocycles. The van der Waals surface area contributed by atoms with Gasteiger partial charge in [-0.2, -0.15) is 0 Å². The summed E-state index contributed by atoms with van der Waals surface area (Å²) < 4.78 is 16.7. The summed E-state index contributed by atoms with van der Waals surface area (Å²) in [6, 6.07) is 6.12. The van der Waals surface area contributed by atoms with Crippen molar-refractivity contribution in [2.75, 3.05) is 66.7 Å². The predicted octanol–water partition coefficient (Wildman–Crippen LogP) is 1.43. The first-order chi connectivity index (χ1) is 13.2. The third-order valence-electron chi connectivity index (χ3n) is 4.88. The fourth-order valence-corrected chi connectivity index (χ4v) is 3.47. The minimum absolute atomic E-state index is 0.544. The highest BCUT2D eigenvalue weighted by atomic mass is 16.6. The van der Waals surface area contributed by atoms with Crippen LogP contribution in [0.5, 0.6) is 11.5 Å². The maximum absolute atomic E-state index is 5.68. The highest BCUT2D eigenvalue weighted by molar-refractivity contribution is 5.79. The Morgan fingerprint density at radius 3 is 2.67 bits per heavy atom. The number of morpholine rings is 1. The number of aliphatic imine (C=N–C) groups is 1. The molecule has 1 atom stereocenters. The Bertz CT molecular complexity index is 632. The molecule has 1 aromatic carbocycles. The number of benzene rings is 1. The van der Waals surface area contributed by atoms with Gasteiger partial charge in [-0.3, -0.25) is 9.89 Å². The number of ether oxygens (including phenoxy) is 3. The van der Waals surface area contributed by atoms with Crippen LogP contribution in [0.15, 0.2) is 23.2 Å². The second-order valence-electron chi connectivity index (χ2n) is 7.28. The maximum atomic E-state index is 5.68. The molecule has 1 unspecified atom stereocenters. The zero-order valence-corrected chi connectivity index (χ0v) is 16.7. The van der Waals surface area contributed by atoms with Crippen LogP contribution in [0.4, 0.5) is 0 Å². The number of guanidine groups is 1. The minimum atomic E-state index is 0.544. The summed E-state index contributed by atoms with van der Waals surface area (Å²) >= 11 is 0. The van der Waals surface area contributed by atoms with E-state index in [1.54, 1.807) is 0 Å². The Hall–Kier alpha value is -1.99. The lowest BCUT2D eigenvalue weighted by atomic mass is 10.1. The van der Waals surface area contributed by atoms with Crippen molar-refractivity contribution >= 4 is 5.96 Å². The highest BCUT2D eigenvalue weighted by Crippen LogP contribution is 2.31. The van der Waals surface area contributed by atoms with Gasteiger partial charge < -0.3 is 24.4 Å². The molecule has 0 amide bonds. The van der Waals surface area contributed by atoms with Crippen LogP contribution >= 0.6 is 0 Å². The molecule has 7 nitrogen and oxygen atoms in total. The van der Waals surface area contributed by atoms with Crippen molar-refractivity contribution < 1.29 is 14.2 Å². The van der Waals surface area contributed by atoms with Crippen LogP contribution in [-0.4, -0.2) is 82.5 Å². The summed E-state index contributed by atoms with van der Waals surface area (Å²) in [6.45, 7) is 9.99. The second-order valence-corrected chi connectivity index (χ2v) is 7.28. The van der Waals surface area contributed by atoms with E-state index >= 15 is 0 Å². The summed E-state index contributed by atoms with van der Waals surface area (Å²) in [4.78, 5) is 9.03. The molecular formula is C20H32N4O3. The number of hydrogen-bond donors (Lipinski definition) is 1. The van der Waals surface area contributed by atoms with E-state index in [0.717, 1.165) is 63.4 Å². The third-order valence-corrected chi connectivity index (χ3v) is 4.88. The van der Waals surface area contributed by atoms with E-state index < -0.39 is 0 Å². The molecule has 2 heterocycles. The van der Waals surface area contributed by atoms with Crippen LogP contribution in [0, 0.1) is 5.92 Å². The van der Waals surface area contributed by atoms with E-state index in [1.165, 1.54) is 5.56 Å². The first-order valence-corrected chi connectivity index (χ1v) is 9.76. The Kier molecular flexibility index (Phi) is 7.18. The van der Waals surface area contributed by atoms with E-state index in [1.807, 2.05) is 13.1 Å². The summed E-state index contributed by atoms with van der Waals surface area (Å²) in [5.74, 6) is 3.10. The molecule has 27 heavy (non-hydrogen) atoms. The number of rotatable bonds is 6. The number of nitrogens with zero attached hydrogens (tertiary/aromatic N) is 3. The van der Waals surface area contributed by atoms with Gasteiger partial charge in [-0.25, -0.2) is 0 Å². The van der Waals surface area contributed by atoms with Gasteiger partial charge in [0, 0.05) is 46.8 Å². The molecule has 0 spiro atoms. The van der Waals surface area contributed by atoms with Crippen molar-refractivity contribution in [1.29, 1.82) is 0 Å². The predicted molar refractivity (Wildman–Crippen MR) is 107 cm³/mol. The lowest BCUT2D eigenvalue weighted by Crippen LogP contribution is -2.44. The zero-order chi connectivity index (χ0) is 19.1. The summed E-state index contributed by atoms with van der Waals surface area (Å²) in [6.07, 6.45) is 0. The molecule has 150 valence electrons. The summed E-state index contributed by atoms with van der Waals surface area (Å²) in [5, 5.41) is 3.50. The van der Waals surface area contributed by atoms with Crippen molar-refractivity contribution in [2.45, 2.75) is 13.5 Å². The van der Waals surface area contributed by atoms with E-state index in [4.69, 9.17) is 14.2 Å². The molecule has 1 N–H and O–H groups in total. The molecule has 0 aliphatic carbocycles. The van der Waals surface area contributed by atoms with Crippen molar-refractivity contribution in [3.8, 4) is 11.5 Å². The van der Waals surface area contributed by atoms with Crippen molar-refractivity contribution in [3.05, 3.63) is 23.8 Å². The average Bonchev–Trinajstić information content (AvgIpc) is 2.69. The molecule has 1 aromatic rings. The van der Waals surface area contributed by atoms with Crippen LogP contribution in [0.1, 0.15) is 12.5 Å². The number of fused-ring (bicyclic) bond motifs is 1. The van der Waals surface area contributed by atoms with Gasteiger partial charge in [0.25, 0.3) is 0 Å². The van der Waals surface area contributed by atoms with Crippen LogP contribution in [0.25, 0.3) is 0 Å². The maximum Gasteiger partial charge on any atom is 0.193 e. The lowest BCUT2D eigenvalue weighted by Gasteiger charge is -2.30. The molecule has 0 saturated carbocycles. The largest absolute Gasteiger partial charge is 0.486 e. The van der Waals surface area contributed by atoms with Gasteiger partial charge >= 0.3 is 0 Å². The fraction of sp³-hybridized carbons (Fsp3) is 0.650. The highest BCUT2D eigenvalue weighted by Gasteiger charge is 2.16. The van der Waals surface area contributed by atoms with E-state index in [2.05, 4.69) is 46.2 Å². The summed E-state index contributed by atoms with van der Waals surface area (Å²) in [5.41, 5.74) is 1.17. The van der Waals surface area contributed by atoms with Crippen LogP contribution in [-0.2, 0) is 11.3 Å². The lowest BCUT2D eigenvalue weighted by molar-refractivity contribution is 0.0320. The Morgan fingerprint density at radius 2 is 1.93 bits per heavy atom. The standard InChI is InChI=1S/C20H32N4O3/c1-16(14-24-6-8-25-9-7-24)13-22-20(21-2)23(3)15-17-4-5-18-19(12-17)27-11-10-26-18/h4-5,12,16H,6-11,13-15H2,1-3H3,(H,21,22). The minimum Gasteiger partial charge on any atom is -0.486 e. The van der Waals surface area contributed by atoms with Crippen molar-refractivity contribution in [2.24, 2.45) is 10.9 Å². The van der Waals surface area contributed by atoms with Gasteiger partial charge in [0.1, 0.15) is 13.2 Å². The monoisotopic (exact) mass is 376 g/mol. The van der Waals surface area contributed by atoms with E-state index in [9.17, 15) is 0 Å². The SMILES string of the molecule is CN=C(NCC(C)CN1CCOCC1)N(C)Cc1ccc2c(c1)OCCO2. The molecule has 0 bridgehead atoms. The molecule has 1 fully saturated rings. The molecule has 0 aromatic heterocycles. The average molecular weight is 377 g/mol. The van der Waals surface area contributed by atoms with Crippen molar-refractivity contribution in [1.82, 2.24) is 15.1 Å². The molecular weight excluding hydrogens is 344 g/mol. The summed E-state index contributed by atoms with van der Waals surface area (Å²) in [7, 11) is 3.88. The number of nitrogens with one attached hydrogen (secondary N) is 1. The second kappa shape index (κ2) is 9.80. The first kappa shape index (κ1) is 19.8. The Labute approximate surface area is 162 Å². The molecule has 3 rings (SSSR count). The van der Waals surface area contributed by atoms with E-state index in [-0.39, 0.29) is 0 Å². The molecule has 0 radical (unpaired) electrons. The first-order valence-electron chi connectivity index (χ1n) is 9.76. The normalized spacial score (nSPS) is 18.9. The molecule has 2 aliphatic rings. The topological polar surface area (TPSA) is 58.6 Å². The Morgan fingerprint density at radius 1 is 1.19 bits per heavy atom. The van der Waals surface area contributed by atoms with Crippen LogP contribution in [0.2, 0.25) is 0 Å². The van der Waals surface area contributed by atoms with Crippen LogP contribution in [0.3, 0.4) is 0 Å². The quantitative estimate of drug-likeness (QED) is 0.599. The fourth-order valence-electron chi connectivity index (χ4n) is 3.47. The van der Waals surface area contributed by atoms with Gasteiger partial charge in [-0.1, -0.05) is 13.0 Å². The third kappa shape index (κ3) is 5.74. The Balaban J connectivity index is 1.48. The molecule has 7 heteroatoms. The number of hydrogen-bond acceptors (Lipinski definition) is 5.